The Bertz CT molecular complexity index is 1040. The van der Waals surface area contributed by atoms with Crippen LogP contribution in [0, 0.1) is 6.92 Å². The van der Waals surface area contributed by atoms with Gasteiger partial charge in [0.05, 0.1) is 11.4 Å². The van der Waals surface area contributed by atoms with Crippen LogP contribution in [0.3, 0.4) is 0 Å². The average Bonchev–Trinajstić information content (AvgIpc) is 2.98. The Balaban J connectivity index is 2.00. The summed E-state index contributed by atoms with van der Waals surface area (Å²) < 4.78 is 1.45. The lowest BCUT2D eigenvalue weighted by Crippen LogP contribution is -2.10. The Morgan fingerprint density at radius 3 is 3.00 bits per heavy atom. The van der Waals surface area contributed by atoms with Crippen molar-refractivity contribution >= 4 is 22.8 Å². The number of oxime groups is 1. The number of aromatic amines is 1. The van der Waals surface area contributed by atoms with Gasteiger partial charge in [0.15, 0.2) is 11.2 Å². The van der Waals surface area contributed by atoms with Crippen molar-refractivity contribution in [2.45, 2.75) is 13.8 Å². The van der Waals surface area contributed by atoms with Crippen molar-refractivity contribution in [1.82, 2.24) is 25.0 Å². The lowest BCUT2D eigenvalue weighted by Gasteiger charge is -2.05. The predicted octanol–water partition coefficient (Wildman–Crippen LogP) is 0.637. The molecule has 0 aliphatic rings. The van der Waals surface area contributed by atoms with Crippen LogP contribution in [-0.2, 0) is 9.63 Å². The molecule has 2 aromatic heterocycles. The normalized spacial score (nSPS) is 11.7. The van der Waals surface area contributed by atoms with Crippen molar-refractivity contribution < 1.29 is 14.7 Å². The number of hydrogen-bond acceptors (Lipinski definition) is 7. The summed E-state index contributed by atoms with van der Waals surface area (Å²) in [4.78, 5) is 33.9. The second kappa shape index (κ2) is 6.51. The molecule has 0 saturated heterocycles. The molecule has 25 heavy (non-hydrogen) atoms. The van der Waals surface area contributed by atoms with E-state index in [9.17, 15) is 9.59 Å². The van der Waals surface area contributed by atoms with Crippen LogP contribution in [0.5, 0.6) is 0 Å². The number of aryl methyl sites for hydroxylation is 1. The first-order valence-corrected chi connectivity index (χ1v) is 7.27. The lowest BCUT2D eigenvalue weighted by atomic mass is 10.1. The minimum absolute atomic E-state index is 0.145. The highest BCUT2D eigenvalue weighted by molar-refractivity contribution is 5.98. The Hall–Kier alpha value is -3.56. The van der Waals surface area contributed by atoms with E-state index in [1.807, 2.05) is 0 Å². The molecule has 3 rings (SSSR count). The molecule has 10 nitrogen and oxygen atoms in total. The quantitative estimate of drug-likeness (QED) is 0.513. The number of carboxylic acids is 1. The van der Waals surface area contributed by atoms with Crippen LogP contribution in [0.1, 0.15) is 18.3 Å². The summed E-state index contributed by atoms with van der Waals surface area (Å²) in [5.74, 6) is -0.650. The summed E-state index contributed by atoms with van der Waals surface area (Å²) in [6.45, 7) is 2.84. The molecular formula is C15H14N6O4. The number of fused-ring (bicyclic) bond motifs is 1. The predicted molar refractivity (Wildman–Crippen MR) is 87.8 cm³/mol. The molecule has 0 spiro atoms. The van der Waals surface area contributed by atoms with E-state index in [0.717, 1.165) is 0 Å². The number of hydrogen-bond donors (Lipinski definition) is 2. The first-order valence-electron chi connectivity index (χ1n) is 7.27. The van der Waals surface area contributed by atoms with Gasteiger partial charge < -0.3 is 14.9 Å². The van der Waals surface area contributed by atoms with Crippen LogP contribution >= 0.6 is 0 Å². The molecule has 0 unspecified atom stereocenters. The molecule has 3 aromatic rings. The van der Waals surface area contributed by atoms with E-state index in [1.54, 1.807) is 38.1 Å². The third kappa shape index (κ3) is 3.37. The zero-order chi connectivity index (χ0) is 18.0. The molecule has 0 bridgehead atoms. The molecule has 10 heteroatoms. The number of carbonyl (C=O) groups is 1. The fourth-order valence-corrected chi connectivity index (χ4v) is 2.21. The van der Waals surface area contributed by atoms with Crippen LogP contribution in [0.2, 0.25) is 0 Å². The lowest BCUT2D eigenvalue weighted by molar-refractivity contribution is -0.142. The summed E-state index contributed by atoms with van der Waals surface area (Å²) in [6.07, 6.45) is 0. The Kier molecular flexibility index (Phi) is 4.25. The van der Waals surface area contributed by atoms with Crippen LogP contribution in [0.25, 0.3) is 16.9 Å². The average molecular weight is 342 g/mol. The molecule has 0 radical (unpaired) electrons. The van der Waals surface area contributed by atoms with Crippen molar-refractivity contribution in [2.24, 2.45) is 5.16 Å². The van der Waals surface area contributed by atoms with Crippen LogP contribution in [0.4, 0.5) is 0 Å². The molecule has 128 valence electrons. The topological polar surface area (TPSA) is 135 Å². The largest absolute Gasteiger partial charge is 0.479 e. The second-order valence-corrected chi connectivity index (χ2v) is 5.22. The Labute approximate surface area is 140 Å². The highest BCUT2D eigenvalue weighted by Gasteiger charge is 2.12. The maximum absolute atomic E-state index is 11.9. The number of aromatic nitrogens is 5. The van der Waals surface area contributed by atoms with Gasteiger partial charge in [0.1, 0.15) is 5.82 Å². The summed E-state index contributed by atoms with van der Waals surface area (Å²) in [7, 11) is 0. The highest BCUT2D eigenvalue weighted by Crippen LogP contribution is 2.14. The minimum Gasteiger partial charge on any atom is -0.479 e. The summed E-state index contributed by atoms with van der Waals surface area (Å²) in [5.41, 5.74) is 1.96. The van der Waals surface area contributed by atoms with E-state index in [-0.39, 0.29) is 11.1 Å². The molecule has 0 saturated carbocycles. The molecule has 2 heterocycles. The van der Waals surface area contributed by atoms with Gasteiger partial charge in [0.25, 0.3) is 5.56 Å². The smallest absolute Gasteiger partial charge is 0.344 e. The summed E-state index contributed by atoms with van der Waals surface area (Å²) >= 11 is 0. The van der Waals surface area contributed by atoms with Gasteiger partial charge in [-0.25, -0.2) is 9.78 Å². The molecule has 0 aliphatic carbocycles. The summed E-state index contributed by atoms with van der Waals surface area (Å²) in [5, 5.41) is 20.2. The van der Waals surface area contributed by atoms with Crippen molar-refractivity contribution in [2.75, 3.05) is 6.61 Å². The van der Waals surface area contributed by atoms with Gasteiger partial charge in [-0.1, -0.05) is 22.5 Å². The van der Waals surface area contributed by atoms with Crippen LogP contribution < -0.4 is 5.56 Å². The number of nitrogens with one attached hydrogen (secondary N) is 1. The van der Waals surface area contributed by atoms with Crippen molar-refractivity contribution in [3.8, 4) is 5.69 Å². The number of carboxylic acid groups (broad SMARTS) is 1. The van der Waals surface area contributed by atoms with E-state index < -0.39 is 12.6 Å². The van der Waals surface area contributed by atoms with Gasteiger partial charge in [-0.3, -0.25) is 4.79 Å². The first-order chi connectivity index (χ1) is 12.0. The fourth-order valence-electron chi connectivity index (χ4n) is 2.21. The Morgan fingerprint density at radius 1 is 1.44 bits per heavy atom. The zero-order valence-electron chi connectivity index (χ0n) is 13.4. The van der Waals surface area contributed by atoms with Gasteiger partial charge in [0.2, 0.25) is 6.61 Å². The first kappa shape index (κ1) is 16.3. The fraction of sp³-hybridized carbons (Fsp3) is 0.200. The number of rotatable bonds is 5. The molecule has 0 aliphatic heterocycles. The molecule has 0 atom stereocenters. The van der Waals surface area contributed by atoms with Crippen LogP contribution in [-0.4, -0.2) is 48.4 Å². The van der Waals surface area contributed by atoms with Crippen molar-refractivity contribution in [3.05, 3.63) is 46.0 Å². The number of benzene rings is 1. The molecule has 1 aromatic carbocycles. The van der Waals surface area contributed by atoms with Gasteiger partial charge >= 0.3 is 5.97 Å². The number of aliphatic carboxylic acids is 1. The van der Waals surface area contributed by atoms with Crippen molar-refractivity contribution in [3.63, 3.8) is 0 Å². The van der Waals surface area contributed by atoms with E-state index in [2.05, 4.69) is 25.4 Å². The van der Waals surface area contributed by atoms with E-state index in [1.165, 1.54) is 4.68 Å². The number of nitrogens with zero attached hydrogens (tertiary/aromatic N) is 5. The maximum Gasteiger partial charge on any atom is 0.344 e. The third-order valence-corrected chi connectivity index (χ3v) is 3.33. The van der Waals surface area contributed by atoms with Gasteiger partial charge in [-0.05, 0) is 26.0 Å². The van der Waals surface area contributed by atoms with Gasteiger partial charge in [-0.2, -0.15) is 4.68 Å². The number of H-pyrrole nitrogens is 1. The van der Waals surface area contributed by atoms with E-state index in [4.69, 9.17) is 9.94 Å². The van der Waals surface area contributed by atoms with Crippen molar-refractivity contribution in [1.29, 1.82) is 0 Å². The van der Waals surface area contributed by atoms with E-state index >= 15 is 0 Å². The standard InChI is InChI=1S/C15H14N6O4/c1-8(19-25-7-12(22)23)10-4-3-5-11(6-10)21-14-13(18-20-21)15(24)17-9(2)16-14/h3-6H,7H2,1-2H3,(H,22,23)(H,16,17,24). The molecule has 0 fully saturated rings. The third-order valence-electron chi connectivity index (χ3n) is 3.33. The summed E-state index contributed by atoms with van der Waals surface area (Å²) in [6, 6.07) is 7.10. The monoisotopic (exact) mass is 342 g/mol. The zero-order valence-corrected chi connectivity index (χ0v) is 13.4. The van der Waals surface area contributed by atoms with Gasteiger partial charge in [0, 0.05) is 5.56 Å². The molecule has 0 amide bonds. The van der Waals surface area contributed by atoms with Gasteiger partial charge in [-0.15, -0.1) is 5.10 Å². The van der Waals surface area contributed by atoms with Crippen LogP contribution in [0.15, 0.2) is 34.2 Å². The minimum atomic E-state index is -1.11. The molecular weight excluding hydrogens is 328 g/mol. The Morgan fingerprint density at radius 2 is 2.24 bits per heavy atom. The highest BCUT2D eigenvalue weighted by atomic mass is 16.6. The molecule has 2 N–H and O–H groups in total. The van der Waals surface area contributed by atoms with E-state index in [0.29, 0.717) is 28.4 Å². The maximum atomic E-state index is 11.9. The second-order valence-electron chi connectivity index (χ2n) is 5.22. The SMILES string of the molecule is CC(=NOCC(=O)O)c1cccc(-n2nnc3c(=O)[nH]c(C)nc32)c1.